The molecule has 2 aromatic heterocycles. The van der Waals surface area contributed by atoms with Crippen LogP contribution in [0.1, 0.15) is 38.3 Å². The molecule has 2 fully saturated rings. The highest BCUT2D eigenvalue weighted by molar-refractivity contribution is 5.82. The third kappa shape index (κ3) is 7.25. The number of amides is 1. The van der Waals surface area contributed by atoms with Crippen molar-refractivity contribution in [1.82, 2.24) is 30.2 Å². The summed E-state index contributed by atoms with van der Waals surface area (Å²) in [7, 11) is 4.07. The quantitative estimate of drug-likeness (QED) is 0.299. The molecule has 5 rings (SSSR count). The smallest absolute Gasteiger partial charge is 0.230 e. The molecule has 0 spiro atoms. The predicted octanol–water partition coefficient (Wildman–Crippen LogP) is 3.38. The molecule has 3 aromatic rings. The van der Waals surface area contributed by atoms with Crippen molar-refractivity contribution < 1.29 is 23.4 Å². The van der Waals surface area contributed by atoms with E-state index in [2.05, 4.69) is 25.5 Å². The molecule has 4 heterocycles. The minimum atomic E-state index is -0.843. The molecule has 11 nitrogen and oxygen atoms in total. The minimum Gasteiger partial charge on any atom is -0.376 e. The Kier molecular flexibility index (Phi) is 9.23. The lowest BCUT2D eigenvalue weighted by Gasteiger charge is -2.35. The lowest BCUT2D eigenvalue weighted by Crippen LogP contribution is -2.49. The molecule has 0 saturated carbocycles. The monoisotopic (exact) mass is 567 g/mol. The van der Waals surface area contributed by atoms with E-state index in [1.54, 1.807) is 24.4 Å². The standard InChI is InChI=1S/C29H38FN7O4/c1-29(27(38)33-16-21-6-4-15-39-21)17-40-26(41-18-29)25-35-23(19-7-9-20(30)10-8-19)24(36-25)22-11-13-32-28(34-22)31-12-5-14-37(2)3/h7-11,13,21,26H,4-6,12,14-18H2,1-3H3,(H,33,38)(H,35,36)(H,31,32,34). The number of nitrogens with one attached hydrogen (secondary N) is 3. The summed E-state index contributed by atoms with van der Waals surface area (Å²) in [6.07, 6.45) is 3.83. The molecule has 0 aliphatic carbocycles. The van der Waals surface area contributed by atoms with Crippen LogP contribution in [0.15, 0.2) is 36.5 Å². The summed E-state index contributed by atoms with van der Waals surface area (Å²) in [6.45, 7) is 5.02. The number of H-pyrrole nitrogens is 1. The number of imidazole rings is 1. The molecule has 1 aromatic carbocycles. The first-order valence-electron chi connectivity index (χ1n) is 14.0. The molecular weight excluding hydrogens is 529 g/mol. The number of aromatic nitrogens is 4. The van der Waals surface area contributed by atoms with Crippen LogP contribution in [0.2, 0.25) is 0 Å². The highest BCUT2D eigenvalue weighted by atomic mass is 19.1. The maximum absolute atomic E-state index is 13.7. The first-order valence-corrected chi connectivity index (χ1v) is 14.0. The van der Waals surface area contributed by atoms with Crippen molar-refractivity contribution in [2.24, 2.45) is 5.41 Å². The van der Waals surface area contributed by atoms with E-state index in [9.17, 15) is 9.18 Å². The third-order valence-electron chi connectivity index (χ3n) is 7.21. The van der Waals surface area contributed by atoms with Gasteiger partial charge >= 0.3 is 0 Å². The van der Waals surface area contributed by atoms with Gasteiger partial charge in [0, 0.05) is 31.5 Å². The second-order valence-electron chi connectivity index (χ2n) is 11.1. The number of carbonyl (C=O) groups excluding carboxylic acids is 1. The SMILES string of the molecule is CN(C)CCCNc1nccc(-c2[nH]c(C3OCC(C)(C(=O)NCC4CCCO4)CO3)nc2-c2ccc(F)cc2)n1. The maximum Gasteiger partial charge on any atom is 0.230 e. The molecule has 3 N–H and O–H groups in total. The maximum atomic E-state index is 13.7. The molecule has 41 heavy (non-hydrogen) atoms. The van der Waals surface area contributed by atoms with Gasteiger partial charge in [-0.3, -0.25) is 4.79 Å². The summed E-state index contributed by atoms with van der Waals surface area (Å²) in [5.74, 6) is 0.455. The molecule has 1 atom stereocenters. The predicted molar refractivity (Wildman–Crippen MR) is 151 cm³/mol. The Morgan fingerprint density at radius 2 is 1.93 bits per heavy atom. The fraction of sp³-hybridized carbons (Fsp3) is 0.517. The van der Waals surface area contributed by atoms with Gasteiger partial charge in [-0.2, -0.15) is 0 Å². The Bertz CT molecular complexity index is 1300. The van der Waals surface area contributed by atoms with Gasteiger partial charge in [-0.05, 0) is 77.2 Å². The van der Waals surface area contributed by atoms with E-state index < -0.39 is 11.7 Å². The van der Waals surface area contributed by atoms with E-state index in [4.69, 9.17) is 24.2 Å². The second-order valence-corrected chi connectivity index (χ2v) is 11.1. The van der Waals surface area contributed by atoms with Gasteiger partial charge in [0.15, 0.2) is 5.82 Å². The van der Waals surface area contributed by atoms with Crippen LogP contribution in [0.4, 0.5) is 10.3 Å². The van der Waals surface area contributed by atoms with E-state index in [1.165, 1.54) is 12.1 Å². The number of halogens is 1. The van der Waals surface area contributed by atoms with Crippen molar-refractivity contribution in [2.45, 2.75) is 38.6 Å². The first-order chi connectivity index (χ1) is 19.8. The van der Waals surface area contributed by atoms with Crippen LogP contribution < -0.4 is 10.6 Å². The van der Waals surface area contributed by atoms with Crippen LogP contribution in [0.3, 0.4) is 0 Å². The van der Waals surface area contributed by atoms with E-state index in [1.807, 2.05) is 21.0 Å². The van der Waals surface area contributed by atoms with Gasteiger partial charge in [-0.15, -0.1) is 0 Å². The third-order valence-corrected chi connectivity index (χ3v) is 7.21. The highest BCUT2D eigenvalue weighted by Crippen LogP contribution is 2.35. The number of anilines is 1. The van der Waals surface area contributed by atoms with Crippen LogP contribution in [0.25, 0.3) is 22.6 Å². The highest BCUT2D eigenvalue weighted by Gasteiger charge is 2.41. The van der Waals surface area contributed by atoms with Crippen molar-refractivity contribution >= 4 is 11.9 Å². The molecule has 220 valence electrons. The van der Waals surface area contributed by atoms with Crippen molar-refractivity contribution in [3.63, 3.8) is 0 Å². The Hall–Kier alpha value is -3.45. The largest absolute Gasteiger partial charge is 0.376 e. The molecule has 2 saturated heterocycles. The van der Waals surface area contributed by atoms with Gasteiger partial charge in [0.05, 0.1) is 41.8 Å². The average molecular weight is 568 g/mol. The number of aromatic amines is 1. The van der Waals surface area contributed by atoms with Gasteiger partial charge in [0.2, 0.25) is 18.1 Å². The number of rotatable bonds is 11. The Balaban J connectivity index is 1.32. The number of hydrogen-bond acceptors (Lipinski definition) is 9. The van der Waals surface area contributed by atoms with Crippen molar-refractivity contribution in [3.8, 4) is 22.6 Å². The van der Waals surface area contributed by atoms with Gasteiger partial charge < -0.3 is 34.7 Å². The zero-order chi connectivity index (χ0) is 28.8. The van der Waals surface area contributed by atoms with E-state index in [-0.39, 0.29) is 31.0 Å². The topological polar surface area (TPSA) is 127 Å². The zero-order valence-corrected chi connectivity index (χ0v) is 23.8. The summed E-state index contributed by atoms with van der Waals surface area (Å²) >= 11 is 0. The fourth-order valence-corrected chi connectivity index (χ4v) is 4.81. The molecular formula is C29H38FN7O4. The van der Waals surface area contributed by atoms with E-state index in [0.717, 1.165) is 39.0 Å². The van der Waals surface area contributed by atoms with Gasteiger partial charge in [0.25, 0.3) is 0 Å². The van der Waals surface area contributed by atoms with Crippen molar-refractivity contribution in [2.75, 3.05) is 58.9 Å². The summed E-state index contributed by atoms with van der Waals surface area (Å²) in [6, 6.07) is 7.89. The summed E-state index contributed by atoms with van der Waals surface area (Å²) in [5, 5.41) is 6.25. The Morgan fingerprint density at radius 1 is 1.15 bits per heavy atom. The Morgan fingerprint density at radius 3 is 2.63 bits per heavy atom. The summed E-state index contributed by atoms with van der Waals surface area (Å²) < 4.78 is 31.4. The Labute approximate surface area is 239 Å². The summed E-state index contributed by atoms with van der Waals surface area (Å²) in [4.78, 5) is 32.2. The second kappa shape index (κ2) is 13.0. The number of hydrogen-bond donors (Lipinski definition) is 3. The number of ether oxygens (including phenoxy) is 3. The fourth-order valence-electron chi connectivity index (χ4n) is 4.81. The lowest BCUT2D eigenvalue weighted by atomic mass is 9.91. The van der Waals surface area contributed by atoms with Crippen molar-refractivity contribution in [3.05, 3.63) is 48.2 Å². The van der Waals surface area contributed by atoms with E-state index in [0.29, 0.717) is 41.0 Å². The molecule has 2 aliphatic heterocycles. The van der Waals surface area contributed by atoms with Crippen molar-refractivity contribution in [1.29, 1.82) is 0 Å². The zero-order valence-electron chi connectivity index (χ0n) is 23.8. The molecule has 12 heteroatoms. The summed E-state index contributed by atoms with van der Waals surface area (Å²) in [5.41, 5.74) is 1.68. The normalized spacial score (nSPS) is 22.7. The molecule has 2 aliphatic rings. The van der Waals surface area contributed by atoms with Crippen LogP contribution in [-0.2, 0) is 19.0 Å². The number of carbonyl (C=O) groups is 1. The molecule has 0 bridgehead atoms. The molecule has 1 amide bonds. The molecule has 0 radical (unpaired) electrons. The first kappa shape index (κ1) is 29.1. The van der Waals surface area contributed by atoms with Gasteiger partial charge in [-0.1, -0.05) is 0 Å². The lowest BCUT2D eigenvalue weighted by molar-refractivity contribution is -0.231. The minimum absolute atomic E-state index is 0.0581. The van der Waals surface area contributed by atoms with E-state index >= 15 is 0 Å². The van der Waals surface area contributed by atoms with Crippen LogP contribution in [-0.4, -0.2) is 90.4 Å². The number of nitrogens with zero attached hydrogens (tertiary/aromatic N) is 4. The number of benzene rings is 1. The van der Waals surface area contributed by atoms with Gasteiger partial charge in [-0.25, -0.2) is 19.3 Å². The molecule has 1 unspecified atom stereocenters. The van der Waals surface area contributed by atoms with Gasteiger partial charge in [0.1, 0.15) is 5.82 Å². The average Bonchev–Trinajstić information content (AvgIpc) is 3.66. The van der Waals surface area contributed by atoms with Crippen LogP contribution in [0, 0.1) is 11.2 Å². The van der Waals surface area contributed by atoms with Crippen LogP contribution >= 0.6 is 0 Å². The van der Waals surface area contributed by atoms with Crippen LogP contribution in [0.5, 0.6) is 0 Å².